The Hall–Kier alpha value is -2.28. The molecule has 1 unspecified atom stereocenters. The van der Waals surface area contributed by atoms with Gasteiger partial charge in [0.15, 0.2) is 0 Å². The van der Waals surface area contributed by atoms with E-state index in [1.807, 2.05) is 6.92 Å². The summed E-state index contributed by atoms with van der Waals surface area (Å²) in [5.41, 5.74) is 0.234. The van der Waals surface area contributed by atoms with Gasteiger partial charge in [0.1, 0.15) is 11.9 Å². The van der Waals surface area contributed by atoms with Crippen LogP contribution >= 0.6 is 0 Å². The maximum Gasteiger partial charge on any atom is 0.543 e. The summed E-state index contributed by atoms with van der Waals surface area (Å²) in [6, 6.07) is 6.39. The van der Waals surface area contributed by atoms with Crippen LogP contribution in [-0.4, -0.2) is 24.8 Å². The summed E-state index contributed by atoms with van der Waals surface area (Å²) in [7, 11) is 0. The zero-order valence-electron chi connectivity index (χ0n) is 15.0. The van der Waals surface area contributed by atoms with Crippen LogP contribution in [0.3, 0.4) is 0 Å². The molecular weight excluding hydrogens is 328 g/mol. The predicted octanol–water partition coefficient (Wildman–Crippen LogP) is 4.60. The lowest BCUT2D eigenvalue weighted by atomic mass is 10.2. The van der Waals surface area contributed by atoms with Crippen molar-refractivity contribution < 1.29 is 33.9 Å². The van der Waals surface area contributed by atoms with Crippen molar-refractivity contribution in [3.8, 4) is 5.75 Å². The summed E-state index contributed by atoms with van der Waals surface area (Å²) in [4.78, 5) is 31.5. The summed E-state index contributed by atoms with van der Waals surface area (Å²) < 4.78 is 10.3. The van der Waals surface area contributed by atoms with Crippen LogP contribution in [0.4, 0.5) is 4.79 Å². The van der Waals surface area contributed by atoms with Crippen molar-refractivity contribution in [3.63, 3.8) is 0 Å². The van der Waals surface area contributed by atoms with Crippen molar-refractivity contribution >= 4 is 12.1 Å². The molecule has 0 amide bonds. The molecule has 7 nitrogen and oxygen atoms in total. The molecule has 140 valence electrons. The highest BCUT2D eigenvalue weighted by atomic mass is 17.5. The highest BCUT2D eigenvalue weighted by Crippen LogP contribution is 2.14. The molecule has 0 saturated heterocycles. The van der Waals surface area contributed by atoms with Gasteiger partial charge < -0.3 is 9.47 Å². The standard InChI is InChI=1S/C18H26O7/c1-4-6-7-8-13-21-16-11-9-15(10-12-16)17(19)23-25-24-18(20)22-14(3)5-2/h9-12,14H,4-8,13H2,1-3H3. The van der Waals surface area contributed by atoms with E-state index in [4.69, 9.17) is 9.47 Å². The van der Waals surface area contributed by atoms with Crippen molar-refractivity contribution in [3.05, 3.63) is 29.8 Å². The van der Waals surface area contributed by atoms with Crippen LogP contribution in [0.2, 0.25) is 0 Å². The first-order valence-electron chi connectivity index (χ1n) is 8.55. The van der Waals surface area contributed by atoms with E-state index in [9.17, 15) is 9.59 Å². The van der Waals surface area contributed by atoms with E-state index < -0.39 is 12.1 Å². The van der Waals surface area contributed by atoms with Crippen LogP contribution in [0.25, 0.3) is 0 Å². The normalized spacial score (nSPS) is 11.5. The number of unbranched alkanes of at least 4 members (excludes halogenated alkanes) is 3. The topological polar surface area (TPSA) is 80.3 Å². The molecule has 7 heteroatoms. The number of ether oxygens (including phenoxy) is 2. The Balaban J connectivity index is 2.28. The monoisotopic (exact) mass is 354 g/mol. The van der Waals surface area contributed by atoms with Crippen LogP contribution < -0.4 is 4.74 Å². The van der Waals surface area contributed by atoms with E-state index in [2.05, 4.69) is 21.7 Å². The third-order valence-corrected chi connectivity index (χ3v) is 3.44. The van der Waals surface area contributed by atoms with E-state index in [0.29, 0.717) is 18.8 Å². The molecule has 1 aromatic carbocycles. The molecule has 25 heavy (non-hydrogen) atoms. The first-order valence-corrected chi connectivity index (χ1v) is 8.55. The van der Waals surface area contributed by atoms with Gasteiger partial charge in [0, 0.05) is 0 Å². The number of carbonyl (C=O) groups excluding carboxylic acids is 2. The summed E-state index contributed by atoms with van der Waals surface area (Å²) in [6.45, 7) is 6.33. The van der Waals surface area contributed by atoms with E-state index in [1.54, 1.807) is 19.1 Å². The van der Waals surface area contributed by atoms with E-state index in [1.165, 1.54) is 25.0 Å². The summed E-state index contributed by atoms with van der Waals surface area (Å²) in [6.07, 6.45) is 3.74. The zero-order valence-corrected chi connectivity index (χ0v) is 15.0. The molecule has 0 aliphatic heterocycles. The minimum atomic E-state index is -1.08. The molecular formula is C18H26O7. The van der Waals surface area contributed by atoms with Crippen molar-refractivity contribution in [1.29, 1.82) is 0 Å². The second kappa shape index (κ2) is 12.1. The fraction of sp³-hybridized carbons (Fsp3) is 0.556. The van der Waals surface area contributed by atoms with Gasteiger partial charge in [-0.2, -0.15) is 0 Å². The number of hydrogen-bond donors (Lipinski definition) is 0. The average molecular weight is 354 g/mol. The Morgan fingerprint density at radius 3 is 2.36 bits per heavy atom. The average Bonchev–Trinajstić information content (AvgIpc) is 2.61. The minimum Gasteiger partial charge on any atom is -0.494 e. The van der Waals surface area contributed by atoms with Gasteiger partial charge in [-0.1, -0.05) is 33.1 Å². The van der Waals surface area contributed by atoms with Gasteiger partial charge in [0.2, 0.25) is 0 Å². The van der Waals surface area contributed by atoms with Gasteiger partial charge in [-0.3, -0.25) is 4.89 Å². The molecule has 0 fully saturated rings. The van der Waals surface area contributed by atoms with Crippen LogP contribution in [0, 0.1) is 0 Å². The predicted molar refractivity (Wildman–Crippen MR) is 89.9 cm³/mol. The lowest BCUT2D eigenvalue weighted by molar-refractivity contribution is -0.452. The van der Waals surface area contributed by atoms with Gasteiger partial charge in [0.25, 0.3) is 0 Å². The summed E-state index contributed by atoms with van der Waals surface area (Å²) in [5.74, 6) is -0.131. The van der Waals surface area contributed by atoms with Crippen molar-refractivity contribution in [2.75, 3.05) is 6.61 Å². The quantitative estimate of drug-likeness (QED) is 0.249. The van der Waals surface area contributed by atoms with Gasteiger partial charge in [-0.25, -0.2) is 14.5 Å². The maximum atomic E-state index is 11.7. The molecule has 1 rings (SSSR count). The molecule has 0 aliphatic rings. The van der Waals surface area contributed by atoms with E-state index in [0.717, 1.165) is 12.8 Å². The fourth-order valence-electron chi connectivity index (χ4n) is 1.80. The van der Waals surface area contributed by atoms with Gasteiger partial charge in [-0.05, 0) is 44.0 Å². The van der Waals surface area contributed by atoms with Crippen LogP contribution in [0.1, 0.15) is 63.2 Å². The van der Waals surface area contributed by atoms with E-state index >= 15 is 0 Å². The molecule has 0 radical (unpaired) electrons. The smallest absolute Gasteiger partial charge is 0.494 e. The lowest BCUT2D eigenvalue weighted by Gasteiger charge is -2.09. The first-order chi connectivity index (χ1) is 12.1. The van der Waals surface area contributed by atoms with Gasteiger partial charge in [0.05, 0.1) is 17.2 Å². The molecule has 0 bridgehead atoms. The largest absolute Gasteiger partial charge is 0.543 e. The number of carbonyl (C=O) groups is 2. The minimum absolute atomic E-state index is 0.234. The molecule has 1 atom stereocenters. The van der Waals surface area contributed by atoms with Gasteiger partial charge in [-0.15, -0.1) is 0 Å². The van der Waals surface area contributed by atoms with Crippen LogP contribution in [0.5, 0.6) is 5.75 Å². The van der Waals surface area contributed by atoms with Gasteiger partial charge >= 0.3 is 12.1 Å². The fourth-order valence-corrected chi connectivity index (χ4v) is 1.80. The Bertz CT molecular complexity index is 513. The molecule has 1 aromatic rings. The second-order valence-electron chi connectivity index (χ2n) is 5.54. The van der Waals surface area contributed by atoms with E-state index in [-0.39, 0.29) is 11.7 Å². The van der Waals surface area contributed by atoms with Crippen molar-refractivity contribution in [1.82, 2.24) is 0 Å². The molecule has 0 N–H and O–H groups in total. The number of hydrogen-bond acceptors (Lipinski definition) is 7. The van der Waals surface area contributed by atoms with Crippen LogP contribution in [-0.2, 0) is 19.6 Å². The third-order valence-electron chi connectivity index (χ3n) is 3.44. The Morgan fingerprint density at radius 2 is 1.72 bits per heavy atom. The molecule has 0 spiro atoms. The number of rotatable bonds is 11. The lowest BCUT2D eigenvalue weighted by Crippen LogP contribution is -2.16. The van der Waals surface area contributed by atoms with Crippen molar-refractivity contribution in [2.24, 2.45) is 0 Å². The molecule has 0 heterocycles. The SMILES string of the molecule is CCCCCCOc1ccc(C(=O)OOOC(=O)OC(C)CC)cc1. The van der Waals surface area contributed by atoms with Crippen LogP contribution in [0.15, 0.2) is 24.3 Å². The molecule has 0 saturated carbocycles. The third kappa shape index (κ3) is 8.95. The highest BCUT2D eigenvalue weighted by molar-refractivity contribution is 5.89. The zero-order chi connectivity index (χ0) is 18.5. The highest BCUT2D eigenvalue weighted by Gasteiger charge is 2.14. The second-order valence-corrected chi connectivity index (χ2v) is 5.54. The Labute approximate surface area is 148 Å². The molecule has 0 aromatic heterocycles. The van der Waals surface area contributed by atoms with Crippen molar-refractivity contribution in [2.45, 2.75) is 59.0 Å². The maximum absolute atomic E-state index is 11.7. The summed E-state index contributed by atoms with van der Waals surface area (Å²) in [5, 5.41) is 4.13. The molecule has 0 aliphatic carbocycles. The summed E-state index contributed by atoms with van der Waals surface area (Å²) >= 11 is 0. The first kappa shape index (κ1) is 20.8. The number of benzene rings is 1. The Morgan fingerprint density at radius 1 is 1.00 bits per heavy atom. The Kier molecular flexibility index (Phi) is 10.1.